The zero-order chi connectivity index (χ0) is 22.9. The average molecular weight is 485 g/mol. The number of thiophene rings is 1. The Hall–Kier alpha value is -2.85. The summed E-state index contributed by atoms with van der Waals surface area (Å²) in [6.07, 6.45) is 2.86. The molecule has 10 heteroatoms. The summed E-state index contributed by atoms with van der Waals surface area (Å²) in [6.45, 7) is 5.51. The van der Waals surface area contributed by atoms with Crippen LogP contribution in [0.4, 0.5) is 5.69 Å². The van der Waals surface area contributed by atoms with Gasteiger partial charge in [-0.2, -0.15) is 0 Å². The Balaban J connectivity index is 1.13. The molecule has 3 aromatic rings. The minimum absolute atomic E-state index is 0.0259. The number of aryl methyl sites for hydroxylation is 2. The molecule has 0 unspecified atom stereocenters. The highest BCUT2D eigenvalue weighted by atomic mass is 32.2. The first-order chi connectivity index (χ1) is 16.0. The monoisotopic (exact) mass is 484 g/mol. The second kappa shape index (κ2) is 9.18. The number of ether oxygens (including phenoxy) is 2. The van der Waals surface area contributed by atoms with E-state index in [1.807, 2.05) is 11.0 Å². The minimum Gasteiger partial charge on any atom is -0.454 e. The Morgan fingerprint density at radius 1 is 1.18 bits per heavy atom. The van der Waals surface area contributed by atoms with Gasteiger partial charge in [-0.3, -0.25) is 9.59 Å². The van der Waals surface area contributed by atoms with Crippen molar-refractivity contribution < 1.29 is 19.1 Å². The van der Waals surface area contributed by atoms with Crippen LogP contribution in [0.2, 0.25) is 0 Å². The standard InChI is InChI=1S/C23H24N4O4S2/c1-13-14(2)33-23-20(13)22(24-11-25-23)32-10-19(28)27-7-5-15(6-8-27)21(29)26-16-3-4-17-18(9-16)31-12-30-17/h3-4,9,11,15H,5-8,10,12H2,1-2H3,(H,26,29). The van der Waals surface area contributed by atoms with Gasteiger partial charge in [0, 0.05) is 41.0 Å². The summed E-state index contributed by atoms with van der Waals surface area (Å²) in [7, 11) is 0. The average Bonchev–Trinajstić information content (AvgIpc) is 3.41. The molecule has 8 nitrogen and oxygen atoms in total. The van der Waals surface area contributed by atoms with Crippen molar-refractivity contribution in [3.05, 3.63) is 35.0 Å². The van der Waals surface area contributed by atoms with Crippen molar-refractivity contribution in [1.82, 2.24) is 14.9 Å². The number of hydrogen-bond acceptors (Lipinski definition) is 8. The van der Waals surface area contributed by atoms with Crippen LogP contribution in [0.5, 0.6) is 11.5 Å². The number of aromatic nitrogens is 2. The van der Waals surface area contributed by atoms with Crippen molar-refractivity contribution >= 4 is 50.8 Å². The molecule has 1 aromatic carbocycles. The predicted molar refractivity (Wildman–Crippen MR) is 128 cm³/mol. The fourth-order valence-electron chi connectivity index (χ4n) is 4.09. The Kier molecular flexibility index (Phi) is 6.11. The van der Waals surface area contributed by atoms with Crippen molar-refractivity contribution in [1.29, 1.82) is 0 Å². The van der Waals surface area contributed by atoms with Crippen molar-refractivity contribution in [2.45, 2.75) is 31.7 Å². The zero-order valence-electron chi connectivity index (χ0n) is 18.4. The summed E-state index contributed by atoms with van der Waals surface area (Å²) in [4.78, 5) is 38.3. The number of thioether (sulfide) groups is 1. The maximum atomic E-state index is 12.8. The smallest absolute Gasteiger partial charge is 0.232 e. The fourth-order valence-corrected chi connectivity index (χ4v) is 6.11. The molecule has 0 aliphatic carbocycles. The van der Waals surface area contributed by atoms with E-state index in [2.05, 4.69) is 29.1 Å². The van der Waals surface area contributed by atoms with E-state index in [0.29, 0.717) is 48.9 Å². The molecule has 2 aromatic heterocycles. The van der Waals surface area contributed by atoms with Gasteiger partial charge in [-0.1, -0.05) is 11.8 Å². The van der Waals surface area contributed by atoms with Crippen LogP contribution in [0.25, 0.3) is 10.2 Å². The van der Waals surface area contributed by atoms with Gasteiger partial charge in [0.1, 0.15) is 16.2 Å². The van der Waals surface area contributed by atoms with Crippen molar-refractivity contribution in [3.8, 4) is 11.5 Å². The van der Waals surface area contributed by atoms with Gasteiger partial charge in [-0.15, -0.1) is 11.3 Å². The topological polar surface area (TPSA) is 93.7 Å². The molecule has 33 heavy (non-hydrogen) atoms. The lowest BCUT2D eigenvalue weighted by Gasteiger charge is -2.31. The predicted octanol–water partition coefficient (Wildman–Crippen LogP) is 4.01. The van der Waals surface area contributed by atoms with Crippen LogP contribution in [0.1, 0.15) is 23.3 Å². The summed E-state index contributed by atoms with van der Waals surface area (Å²) >= 11 is 3.11. The molecule has 2 aliphatic rings. The van der Waals surface area contributed by atoms with Crippen LogP contribution >= 0.6 is 23.1 Å². The number of rotatable bonds is 5. The van der Waals surface area contributed by atoms with E-state index >= 15 is 0 Å². The number of hydrogen-bond donors (Lipinski definition) is 1. The van der Waals surface area contributed by atoms with Crippen LogP contribution in [0.15, 0.2) is 29.6 Å². The number of piperidine rings is 1. The highest BCUT2D eigenvalue weighted by Gasteiger charge is 2.28. The van der Waals surface area contributed by atoms with Gasteiger partial charge in [0.2, 0.25) is 18.6 Å². The number of nitrogens with zero attached hydrogens (tertiary/aromatic N) is 3. The second-order valence-electron chi connectivity index (χ2n) is 8.14. The van der Waals surface area contributed by atoms with Gasteiger partial charge in [0.25, 0.3) is 0 Å². The first kappa shape index (κ1) is 22.0. The number of likely N-dealkylation sites (tertiary alicyclic amines) is 1. The van der Waals surface area contributed by atoms with Gasteiger partial charge >= 0.3 is 0 Å². The van der Waals surface area contributed by atoms with E-state index in [1.54, 1.807) is 29.8 Å². The molecule has 5 rings (SSSR count). The van der Waals surface area contributed by atoms with Gasteiger partial charge < -0.3 is 19.7 Å². The largest absolute Gasteiger partial charge is 0.454 e. The van der Waals surface area contributed by atoms with Crippen LogP contribution in [-0.2, 0) is 9.59 Å². The van der Waals surface area contributed by atoms with Gasteiger partial charge in [-0.05, 0) is 44.4 Å². The lowest BCUT2D eigenvalue weighted by Crippen LogP contribution is -2.42. The van der Waals surface area contributed by atoms with E-state index in [9.17, 15) is 9.59 Å². The Morgan fingerprint density at radius 3 is 2.79 bits per heavy atom. The summed E-state index contributed by atoms with van der Waals surface area (Å²) in [6, 6.07) is 5.38. The summed E-state index contributed by atoms with van der Waals surface area (Å²) in [5.74, 6) is 1.58. The molecular formula is C23H24N4O4S2. The van der Waals surface area contributed by atoms with Gasteiger partial charge in [0.05, 0.1) is 5.75 Å². The molecule has 1 N–H and O–H groups in total. The van der Waals surface area contributed by atoms with E-state index in [0.717, 1.165) is 15.2 Å². The molecule has 4 heterocycles. The van der Waals surface area contributed by atoms with Gasteiger partial charge in [-0.25, -0.2) is 9.97 Å². The summed E-state index contributed by atoms with van der Waals surface area (Å²) < 4.78 is 10.7. The van der Waals surface area contributed by atoms with Crippen molar-refractivity contribution in [3.63, 3.8) is 0 Å². The SMILES string of the molecule is Cc1sc2ncnc(SCC(=O)N3CCC(C(=O)Nc4ccc5c(c4)OCO5)CC3)c2c1C. The Bertz CT molecular complexity index is 1220. The summed E-state index contributed by atoms with van der Waals surface area (Å²) in [5.41, 5.74) is 1.87. The Labute approximate surface area is 199 Å². The van der Waals surface area contributed by atoms with E-state index in [4.69, 9.17) is 9.47 Å². The lowest BCUT2D eigenvalue weighted by molar-refractivity contribution is -0.132. The third-order valence-corrected chi connectivity index (χ3v) is 8.21. The fraction of sp³-hybridized carbons (Fsp3) is 0.391. The van der Waals surface area contributed by atoms with Crippen LogP contribution < -0.4 is 14.8 Å². The molecule has 2 amide bonds. The zero-order valence-corrected chi connectivity index (χ0v) is 20.1. The molecular weight excluding hydrogens is 460 g/mol. The molecule has 0 saturated carbocycles. The Morgan fingerprint density at radius 2 is 1.97 bits per heavy atom. The number of carbonyl (C=O) groups is 2. The number of carbonyl (C=O) groups excluding carboxylic acids is 2. The van der Waals surface area contributed by atoms with Crippen molar-refractivity contribution in [2.75, 3.05) is 31.0 Å². The highest BCUT2D eigenvalue weighted by molar-refractivity contribution is 8.00. The molecule has 172 valence electrons. The first-order valence-corrected chi connectivity index (χ1v) is 12.6. The minimum atomic E-state index is -0.120. The molecule has 0 bridgehead atoms. The molecule has 0 radical (unpaired) electrons. The van der Waals surface area contributed by atoms with E-state index in [-0.39, 0.29) is 24.5 Å². The summed E-state index contributed by atoms with van der Waals surface area (Å²) in [5, 5.41) is 4.87. The molecule has 1 saturated heterocycles. The molecule has 0 atom stereocenters. The number of nitrogens with one attached hydrogen (secondary N) is 1. The lowest BCUT2D eigenvalue weighted by atomic mass is 9.96. The number of benzene rings is 1. The highest BCUT2D eigenvalue weighted by Crippen LogP contribution is 2.35. The van der Waals surface area contributed by atoms with Crippen LogP contribution in [0.3, 0.4) is 0 Å². The third-order valence-electron chi connectivity index (χ3n) is 6.12. The second-order valence-corrected chi connectivity index (χ2v) is 10.3. The maximum Gasteiger partial charge on any atom is 0.232 e. The van der Waals surface area contributed by atoms with Crippen LogP contribution in [0, 0.1) is 19.8 Å². The number of amides is 2. The molecule has 0 spiro atoms. The van der Waals surface area contributed by atoms with E-state index < -0.39 is 0 Å². The van der Waals surface area contributed by atoms with E-state index in [1.165, 1.54) is 22.2 Å². The van der Waals surface area contributed by atoms with Crippen LogP contribution in [-0.4, -0.2) is 52.3 Å². The van der Waals surface area contributed by atoms with Crippen molar-refractivity contribution in [2.24, 2.45) is 5.92 Å². The number of fused-ring (bicyclic) bond motifs is 2. The molecule has 1 fully saturated rings. The number of anilines is 1. The quantitative estimate of drug-likeness (QED) is 0.432. The maximum absolute atomic E-state index is 12.8. The third kappa shape index (κ3) is 4.49. The normalized spacial score (nSPS) is 15.8. The first-order valence-electron chi connectivity index (χ1n) is 10.8. The van der Waals surface area contributed by atoms with Gasteiger partial charge in [0.15, 0.2) is 11.5 Å². The molecule has 2 aliphatic heterocycles.